The van der Waals surface area contributed by atoms with Gasteiger partial charge in [0.2, 0.25) is 0 Å². The molecular weight excluding hydrogens is 590 g/mol. The van der Waals surface area contributed by atoms with Gasteiger partial charge in [-0.25, -0.2) is 9.78 Å². The van der Waals surface area contributed by atoms with Gasteiger partial charge in [0.1, 0.15) is 18.0 Å². The molecule has 3 heterocycles. The van der Waals surface area contributed by atoms with Gasteiger partial charge in [0.25, 0.3) is 0 Å². The van der Waals surface area contributed by atoms with E-state index >= 15 is 0 Å². The summed E-state index contributed by atoms with van der Waals surface area (Å²) in [6.07, 6.45) is 1.17. The summed E-state index contributed by atoms with van der Waals surface area (Å²) in [5, 5.41) is 2.89. The zero-order chi connectivity index (χ0) is 32.5. The van der Waals surface area contributed by atoms with Crippen molar-refractivity contribution in [1.82, 2.24) is 9.88 Å². The summed E-state index contributed by atoms with van der Waals surface area (Å²) >= 11 is 1.56. The minimum absolute atomic E-state index is 0.175. The molecule has 1 aromatic heterocycles. The first-order valence-corrected chi connectivity index (χ1v) is 16.3. The van der Waals surface area contributed by atoms with Crippen LogP contribution in [-0.2, 0) is 38.6 Å². The Kier molecular flexibility index (Phi) is 9.46. The average molecular weight is 636 g/mol. The number of thiazole rings is 1. The number of hydrogen-bond acceptors (Lipinski definition) is 9. The first-order valence-electron chi connectivity index (χ1n) is 15.5. The molecule has 2 atom stereocenters. The minimum atomic E-state index is -0.671. The molecule has 0 aliphatic carbocycles. The number of aromatic nitrogens is 1. The quantitative estimate of drug-likeness (QED) is 0.253. The molecule has 0 unspecified atom stereocenters. The van der Waals surface area contributed by atoms with Crippen LogP contribution >= 0.6 is 11.3 Å². The molecule has 242 valence electrons. The molecule has 9 nitrogen and oxygen atoms in total. The lowest BCUT2D eigenvalue weighted by atomic mass is 9.83. The molecule has 0 spiro atoms. The highest BCUT2D eigenvalue weighted by molar-refractivity contribution is 7.14. The molecule has 1 amide bonds. The van der Waals surface area contributed by atoms with Crippen molar-refractivity contribution in [2.75, 3.05) is 38.8 Å². The molecule has 45 heavy (non-hydrogen) atoms. The van der Waals surface area contributed by atoms with Gasteiger partial charge in [0, 0.05) is 37.7 Å². The molecule has 0 radical (unpaired) electrons. The summed E-state index contributed by atoms with van der Waals surface area (Å²) in [6, 6.07) is 10.3. The summed E-state index contributed by atoms with van der Waals surface area (Å²) < 4.78 is 22.8. The van der Waals surface area contributed by atoms with Crippen LogP contribution in [0, 0.1) is 19.3 Å². The topological polar surface area (TPSA) is 90.4 Å². The van der Waals surface area contributed by atoms with E-state index in [2.05, 4.69) is 24.0 Å². The Morgan fingerprint density at radius 3 is 2.60 bits per heavy atom. The highest BCUT2D eigenvalue weighted by atomic mass is 32.1. The van der Waals surface area contributed by atoms with Crippen LogP contribution in [0.5, 0.6) is 5.75 Å². The molecule has 10 heteroatoms. The first kappa shape index (κ1) is 32.8. The van der Waals surface area contributed by atoms with E-state index < -0.39 is 11.0 Å². The Bertz CT molecular complexity index is 1560. The number of para-hydroxylation sites is 1. The number of amides is 1. The zero-order valence-corrected chi connectivity index (χ0v) is 28.5. The number of ether oxygens (including phenoxy) is 4. The van der Waals surface area contributed by atoms with E-state index in [9.17, 15) is 9.59 Å². The van der Waals surface area contributed by atoms with Crippen molar-refractivity contribution in [3.63, 3.8) is 0 Å². The minimum Gasteiger partial charge on any atom is -0.488 e. The summed E-state index contributed by atoms with van der Waals surface area (Å²) in [5.41, 5.74) is 6.26. The lowest BCUT2D eigenvalue weighted by molar-refractivity contribution is -0.152. The predicted octanol–water partition coefficient (Wildman–Crippen LogP) is 6.70. The number of nitrogens with zero attached hydrogens (tertiary/aromatic N) is 3. The van der Waals surface area contributed by atoms with E-state index in [0.29, 0.717) is 39.3 Å². The van der Waals surface area contributed by atoms with Crippen LogP contribution in [0.2, 0.25) is 0 Å². The van der Waals surface area contributed by atoms with Crippen molar-refractivity contribution in [3.8, 4) is 17.0 Å². The van der Waals surface area contributed by atoms with Crippen molar-refractivity contribution < 1.29 is 28.5 Å². The maximum atomic E-state index is 12.7. The van der Waals surface area contributed by atoms with E-state index in [-0.39, 0.29) is 18.1 Å². The number of benzene rings is 2. The summed E-state index contributed by atoms with van der Waals surface area (Å²) in [6.45, 7) is 14.4. The monoisotopic (exact) mass is 635 g/mol. The van der Waals surface area contributed by atoms with E-state index in [0.717, 1.165) is 45.2 Å². The fourth-order valence-electron chi connectivity index (χ4n) is 6.38. The van der Waals surface area contributed by atoms with Crippen molar-refractivity contribution in [3.05, 3.63) is 63.5 Å². The van der Waals surface area contributed by atoms with Gasteiger partial charge >= 0.3 is 12.1 Å². The fraction of sp³-hybridized carbons (Fsp3) is 0.514. The number of carbonyl (C=O) groups excluding carboxylic acids is 2. The third-order valence-electron chi connectivity index (χ3n) is 8.85. The van der Waals surface area contributed by atoms with Crippen LogP contribution in [0.1, 0.15) is 61.9 Å². The van der Waals surface area contributed by atoms with Crippen molar-refractivity contribution >= 4 is 28.5 Å². The number of hydrogen-bond donors (Lipinski definition) is 0. The highest BCUT2D eigenvalue weighted by Gasteiger charge is 2.51. The highest BCUT2D eigenvalue weighted by Crippen LogP contribution is 2.43. The second-order valence-electron chi connectivity index (χ2n) is 13.3. The summed E-state index contributed by atoms with van der Waals surface area (Å²) in [5.74, 6) is 0.575. The van der Waals surface area contributed by atoms with Crippen molar-refractivity contribution in [1.29, 1.82) is 0 Å². The number of fused-ring (bicyclic) bond motifs is 1. The Labute approximate surface area is 270 Å². The van der Waals surface area contributed by atoms with Crippen molar-refractivity contribution in [2.45, 2.75) is 79.2 Å². The number of carbonyl (C=O) groups is 2. The first-order chi connectivity index (χ1) is 21.3. The Morgan fingerprint density at radius 2 is 1.89 bits per heavy atom. The molecule has 0 bridgehead atoms. The van der Waals surface area contributed by atoms with E-state index in [1.54, 1.807) is 23.3 Å². The van der Waals surface area contributed by atoms with Gasteiger partial charge in [-0.05, 0) is 88.3 Å². The van der Waals surface area contributed by atoms with Crippen LogP contribution in [0.15, 0.2) is 35.7 Å². The number of esters is 1. The lowest BCUT2D eigenvalue weighted by Gasteiger charge is -2.32. The molecule has 0 saturated carbocycles. The van der Waals surface area contributed by atoms with E-state index in [4.69, 9.17) is 23.9 Å². The van der Waals surface area contributed by atoms with Gasteiger partial charge in [-0.15, -0.1) is 11.3 Å². The number of methoxy groups -OCH3 is 2. The molecule has 5 rings (SSSR count). The SMILES string of the molecule is COC[C@H]1N(c2nc(-c3cccc(C)c3OCc3cc(C)c4c(c3)CCN(C(=O)OC(C)(C)C)C4)cs2)CC[C@@]1(C)C(=O)OC. The smallest absolute Gasteiger partial charge is 0.410 e. The summed E-state index contributed by atoms with van der Waals surface area (Å²) in [7, 11) is 3.09. The zero-order valence-electron chi connectivity index (χ0n) is 27.7. The number of rotatable bonds is 8. The van der Waals surface area contributed by atoms with Crippen LogP contribution < -0.4 is 9.64 Å². The average Bonchev–Trinajstić information content (AvgIpc) is 3.60. The fourth-order valence-corrected chi connectivity index (χ4v) is 7.29. The standard InChI is InChI=1S/C35H45N3O6S/c1-22-10-9-11-26(28-21-45-32(36-28)38-15-13-35(6,31(39)42-8)29(38)20-41-7)30(22)43-19-24-16-23(2)27-18-37(14-12-25(27)17-24)33(40)44-34(3,4)5/h9-11,16-17,21,29H,12-15,18-20H2,1-8H3/t29-,35-/m1/s1. The van der Waals surface area contributed by atoms with E-state index in [1.807, 2.05) is 58.2 Å². The lowest BCUT2D eigenvalue weighted by Crippen LogP contribution is -2.46. The van der Waals surface area contributed by atoms with E-state index in [1.165, 1.54) is 18.2 Å². The molecule has 3 aromatic rings. The normalized spacial score (nSPS) is 19.8. The molecule has 1 fully saturated rings. The molecule has 2 aliphatic rings. The number of anilines is 1. The second kappa shape index (κ2) is 13.0. The van der Waals surface area contributed by atoms with Crippen LogP contribution in [-0.4, -0.2) is 67.5 Å². The van der Waals surface area contributed by atoms with Gasteiger partial charge in [-0.3, -0.25) is 4.79 Å². The third kappa shape index (κ3) is 6.82. The van der Waals surface area contributed by atoms with Crippen LogP contribution in [0.25, 0.3) is 11.3 Å². The van der Waals surface area contributed by atoms with Gasteiger partial charge in [0.05, 0.1) is 30.9 Å². The molecule has 0 N–H and O–H groups in total. The Balaban J connectivity index is 1.33. The molecule has 2 aliphatic heterocycles. The summed E-state index contributed by atoms with van der Waals surface area (Å²) in [4.78, 5) is 34.4. The van der Waals surface area contributed by atoms with Gasteiger partial charge in [0.15, 0.2) is 5.13 Å². The number of aryl methyl sites for hydroxylation is 2. The van der Waals surface area contributed by atoms with Crippen molar-refractivity contribution in [2.24, 2.45) is 5.41 Å². The Morgan fingerprint density at radius 1 is 1.11 bits per heavy atom. The van der Waals surface area contributed by atoms with Gasteiger partial charge in [-0.1, -0.05) is 24.3 Å². The molecular formula is C35H45N3O6S. The molecule has 2 aromatic carbocycles. The van der Waals surface area contributed by atoms with Gasteiger partial charge < -0.3 is 28.7 Å². The predicted molar refractivity (Wildman–Crippen MR) is 176 cm³/mol. The maximum absolute atomic E-state index is 12.7. The maximum Gasteiger partial charge on any atom is 0.410 e. The Hall–Kier alpha value is -3.63. The van der Waals surface area contributed by atoms with Crippen LogP contribution in [0.3, 0.4) is 0 Å². The second-order valence-corrected chi connectivity index (χ2v) is 14.1. The molecule has 1 saturated heterocycles. The van der Waals surface area contributed by atoms with Crippen LogP contribution in [0.4, 0.5) is 9.93 Å². The third-order valence-corrected chi connectivity index (χ3v) is 9.72. The van der Waals surface area contributed by atoms with Gasteiger partial charge in [-0.2, -0.15) is 0 Å². The largest absolute Gasteiger partial charge is 0.488 e.